The summed E-state index contributed by atoms with van der Waals surface area (Å²) in [5.74, 6) is -1.77. The lowest BCUT2D eigenvalue weighted by atomic mass is 10.0. The van der Waals surface area contributed by atoms with Gasteiger partial charge in [-0.2, -0.15) is 8.78 Å². The first-order valence-corrected chi connectivity index (χ1v) is 10.6. The van der Waals surface area contributed by atoms with Crippen molar-refractivity contribution < 1.29 is 33.3 Å². The first-order valence-electron chi connectivity index (χ1n) is 10.6. The molecule has 3 rings (SSSR count). The fourth-order valence-corrected chi connectivity index (χ4v) is 3.62. The number of halogens is 2. The highest BCUT2D eigenvalue weighted by Gasteiger charge is 2.28. The van der Waals surface area contributed by atoms with Crippen molar-refractivity contribution in [1.82, 2.24) is 9.80 Å². The summed E-state index contributed by atoms with van der Waals surface area (Å²) in [6.07, 6.45) is -1.42. The normalized spacial score (nSPS) is 14.6. The summed E-state index contributed by atoms with van der Waals surface area (Å²) in [5.41, 5.74) is -0.897. The molecule has 0 aliphatic carbocycles. The quantitative estimate of drug-likeness (QED) is 0.411. The first-order chi connectivity index (χ1) is 16.5. The summed E-state index contributed by atoms with van der Waals surface area (Å²) in [6, 6.07) is 7.59. The fraction of sp³-hybridized carbons (Fsp3) is 0.458. The minimum absolute atomic E-state index is 0. The standard InChI is InChI=1S/C14H18FN3O4.C8H8FNO3.2CH4/c1-10(11-4-3-5-12(13(11)15)18(20)21)16-6-8-17(9-7-16)14(19)22-2;1-5(11)6-3-2-4-7(8(6)9)10(12)13;;/h3-5,10H,6-9H2,1-2H3;2-5,11H,1H3;2*1H4/t10-;5-;;/m01../s1. The molecule has 1 fully saturated rings. The van der Waals surface area contributed by atoms with Gasteiger partial charge in [0.2, 0.25) is 11.6 Å². The van der Waals surface area contributed by atoms with E-state index in [4.69, 9.17) is 5.11 Å². The molecule has 11 nitrogen and oxygen atoms in total. The molecule has 1 N–H and O–H groups in total. The molecule has 13 heteroatoms. The Bertz CT molecular complexity index is 1080. The largest absolute Gasteiger partial charge is 0.453 e. The monoisotopic (exact) mass is 528 g/mol. The number of methoxy groups -OCH3 is 1. The molecule has 0 spiro atoms. The Morgan fingerprint density at radius 2 is 1.35 bits per heavy atom. The minimum Gasteiger partial charge on any atom is -0.453 e. The Balaban J connectivity index is 0.000000747. The number of carbonyl (C=O) groups excluding carboxylic acids is 1. The van der Waals surface area contributed by atoms with Crippen molar-refractivity contribution in [3.05, 3.63) is 79.4 Å². The molecule has 1 aliphatic rings. The van der Waals surface area contributed by atoms with E-state index in [-0.39, 0.29) is 32.6 Å². The maximum atomic E-state index is 14.2. The molecule has 0 aromatic heterocycles. The predicted molar refractivity (Wildman–Crippen MR) is 134 cm³/mol. The molecule has 1 heterocycles. The first kappa shape index (κ1) is 33.3. The maximum absolute atomic E-state index is 14.2. The molecule has 2 aromatic carbocycles. The minimum atomic E-state index is -1.04. The van der Waals surface area contributed by atoms with Gasteiger partial charge in [-0.05, 0) is 13.8 Å². The maximum Gasteiger partial charge on any atom is 0.409 e. The number of nitro benzene ring substituents is 2. The van der Waals surface area contributed by atoms with Crippen LogP contribution in [0.1, 0.15) is 52.0 Å². The van der Waals surface area contributed by atoms with Crippen LogP contribution in [0.4, 0.5) is 25.0 Å². The van der Waals surface area contributed by atoms with Crippen LogP contribution in [-0.4, -0.2) is 64.1 Å². The number of benzene rings is 2. The van der Waals surface area contributed by atoms with Gasteiger partial charge in [-0.3, -0.25) is 25.1 Å². The van der Waals surface area contributed by atoms with Crippen LogP contribution in [0.3, 0.4) is 0 Å². The molecule has 2 atom stereocenters. The molecule has 1 saturated heterocycles. The Hall–Kier alpha value is -3.71. The number of carbonyl (C=O) groups is 1. The van der Waals surface area contributed by atoms with Gasteiger partial charge in [-0.25, -0.2) is 4.79 Å². The van der Waals surface area contributed by atoms with E-state index in [0.717, 1.165) is 12.1 Å². The Morgan fingerprint density at radius 3 is 1.76 bits per heavy atom. The molecular formula is C24H34F2N4O7. The molecule has 206 valence electrons. The third-order valence-corrected chi connectivity index (χ3v) is 5.60. The average molecular weight is 529 g/mol. The van der Waals surface area contributed by atoms with Gasteiger partial charge in [0.1, 0.15) is 0 Å². The molecular weight excluding hydrogens is 494 g/mol. The zero-order valence-corrected chi connectivity index (χ0v) is 19.4. The second kappa shape index (κ2) is 14.8. The number of nitro groups is 2. The Kier molecular flexibility index (Phi) is 13.3. The second-order valence-corrected chi connectivity index (χ2v) is 7.72. The third-order valence-electron chi connectivity index (χ3n) is 5.60. The van der Waals surface area contributed by atoms with Crippen LogP contribution in [0.2, 0.25) is 0 Å². The Morgan fingerprint density at radius 1 is 0.919 bits per heavy atom. The van der Waals surface area contributed by atoms with E-state index in [1.54, 1.807) is 17.9 Å². The van der Waals surface area contributed by atoms with Crippen LogP contribution in [0.5, 0.6) is 0 Å². The van der Waals surface area contributed by atoms with Crippen LogP contribution in [0, 0.1) is 31.9 Å². The number of hydrogen-bond donors (Lipinski definition) is 1. The van der Waals surface area contributed by atoms with Gasteiger partial charge in [0.15, 0.2) is 0 Å². The molecule has 0 unspecified atom stereocenters. The van der Waals surface area contributed by atoms with Gasteiger partial charge in [0, 0.05) is 55.5 Å². The van der Waals surface area contributed by atoms with E-state index in [2.05, 4.69) is 4.74 Å². The number of aliphatic hydroxyl groups excluding tert-OH is 1. The summed E-state index contributed by atoms with van der Waals surface area (Å²) < 4.78 is 32.1. The van der Waals surface area contributed by atoms with Crippen LogP contribution in [0.15, 0.2) is 36.4 Å². The zero-order valence-electron chi connectivity index (χ0n) is 19.4. The third kappa shape index (κ3) is 8.15. The summed E-state index contributed by atoms with van der Waals surface area (Å²) in [4.78, 5) is 34.6. The highest BCUT2D eigenvalue weighted by Crippen LogP contribution is 2.29. The van der Waals surface area contributed by atoms with E-state index in [1.807, 2.05) is 4.90 Å². The van der Waals surface area contributed by atoms with Crippen LogP contribution < -0.4 is 0 Å². The fourth-order valence-electron chi connectivity index (χ4n) is 3.62. The predicted octanol–water partition coefficient (Wildman–Crippen LogP) is 5.24. The molecule has 1 amide bonds. The molecule has 2 aromatic rings. The highest BCUT2D eigenvalue weighted by atomic mass is 19.1. The molecule has 37 heavy (non-hydrogen) atoms. The van der Waals surface area contributed by atoms with Gasteiger partial charge in [0.25, 0.3) is 0 Å². The van der Waals surface area contributed by atoms with Crippen molar-refractivity contribution >= 4 is 17.5 Å². The lowest BCUT2D eigenvalue weighted by Crippen LogP contribution is -2.49. The number of amides is 1. The van der Waals surface area contributed by atoms with Gasteiger partial charge in [-0.15, -0.1) is 0 Å². The number of rotatable bonds is 5. The SMILES string of the molecule is C.C.COC(=O)N1CCN([C@@H](C)c2cccc([N+](=O)[O-])c2F)CC1.C[C@@H](O)c1cccc([N+](=O)[O-])c1F. The molecule has 1 aliphatic heterocycles. The molecule has 0 bridgehead atoms. The van der Waals surface area contributed by atoms with E-state index < -0.39 is 39.0 Å². The van der Waals surface area contributed by atoms with E-state index in [1.165, 1.54) is 32.2 Å². The zero-order chi connectivity index (χ0) is 26.3. The lowest BCUT2D eigenvalue weighted by Gasteiger charge is -2.37. The number of nitrogens with zero attached hydrogens (tertiary/aromatic N) is 4. The molecule has 0 saturated carbocycles. The lowest BCUT2D eigenvalue weighted by molar-refractivity contribution is -0.387. The molecule has 0 radical (unpaired) electrons. The van der Waals surface area contributed by atoms with Crippen molar-refractivity contribution in [2.24, 2.45) is 0 Å². The second-order valence-electron chi connectivity index (χ2n) is 7.72. The van der Waals surface area contributed by atoms with Crippen molar-refractivity contribution in [3.8, 4) is 0 Å². The topological polar surface area (TPSA) is 139 Å². The number of piperazine rings is 1. The smallest absolute Gasteiger partial charge is 0.409 e. The number of ether oxygens (including phenoxy) is 1. The summed E-state index contributed by atoms with van der Waals surface area (Å²) in [7, 11) is 1.33. The van der Waals surface area contributed by atoms with Crippen LogP contribution >= 0.6 is 0 Å². The van der Waals surface area contributed by atoms with Crippen molar-refractivity contribution in [3.63, 3.8) is 0 Å². The summed E-state index contributed by atoms with van der Waals surface area (Å²) >= 11 is 0. The van der Waals surface area contributed by atoms with E-state index in [0.29, 0.717) is 31.7 Å². The number of hydrogen-bond acceptors (Lipinski definition) is 8. The van der Waals surface area contributed by atoms with Crippen LogP contribution in [0.25, 0.3) is 0 Å². The van der Waals surface area contributed by atoms with E-state index >= 15 is 0 Å². The van der Waals surface area contributed by atoms with E-state index in [9.17, 15) is 33.8 Å². The van der Waals surface area contributed by atoms with Gasteiger partial charge < -0.3 is 14.7 Å². The Labute approximate surface area is 214 Å². The van der Waals surface area contributed by atoms with Gasteiger partial charge in [-0.1, -0.05) is 39.1 Å². The summed E-state index contributed by atoms with van der Waals surface area (Å²) in [5, 5.41) is 30.1. The average Bonchev–Trinajstić information content (AvgIpc) is 2.83. The van der Waals surface area contributed by atoms with Crippen molar-refractivity contribution in [1.29, 1.82) is 0 Å². The van der Waals surface area contributed by atoms with Crippen molar-refractivity contribution in [2.45, 2.75) is 40.8 Å². The van der Waals surface area contributed by atoms with Gasteiger partial charge in [0.05, 0.1) is 23.1 Å². The van der Waals surface area contributed by atoms with Crippen molar-refractivity contribution in [2.75, 3.05) is 33.3 Å². The number of aliphatic hydroxyl groups is 1. The summed E-state index contributed by atoms with van der Waals surface area (Å²) in [6.45, 7) is 5.22. The highest BCUT2D eigenvalue weighted by molar-refractivity contribution is 5.67. The van der Waals surface area contributed by atoms with Gasteiger partial charge >= 0.3 is 17.5 Å². The van der Waals surface area contributed by atoms with Crippen LogP contribution in [-0.2, 0) is 4.74 Å².